The number of phenolic OH excluding ortho intramolecular Hbond substituents is 1. The smallest absolute Gasteiger partial charge is 0.238 e. The van der Waals surface area contributed by atoms with Crippen LogP contribution in [0, 0.1) is 0 Å². The zero-order valence-corrected chi connectivity index (χ0v) is 16.9. The molecular formula is C17H17N5O5S2. The number of amides is 1. The molecule has 1 fully saturated rings. The molecule has 2 aliphatic rings. The Morgan fingerprint density at radius 1 is 1.45 bits per heavy atom. The van der Waals surface area contributed by atoms with Crippen LogP contribution in [-0.4, -0.2) is 64.6 Å². The monoisotopic (exact) mass is 435 g/mol. The number of carbonyl (C=O) groups is 3. The number of β-lactam (4-membered cyclic amide) rings is 1. The number of hydrogen-bond donors (Lipinski definition) is 1. The number of aliphatic carboxylic acids is 1. The maximum atomic E-state index is 11.6. The SMILES string of the molecule is Cn1nnnc1SC[S+]1CC=C(C(=O)[O-])N2C(=O)C[C@H]21.O=Cc1ccccc1O. The lowest BCUT2D eigenvalue weighted by Crippen LogP contribution is -2.60. The second-order valence-electron chi connectivity index (χ2n) is 6.03. The van der Waals surface area contributed by atoms with Crippen LogP contribution in [0.2, 0.25) is 0 Å². The summed E-state index contributed by atoms with van der Waals surface area (Å²) in [5.74, 6) is -0.743. The highest BCUT2D eigenvalue weighted by Crippen LogP contribution is 2.36. The summed E-state index contributed by atoms with van der Waals surface area (Å²) in [6.07, 6.45) is 2.61. The molecule has 29 heavy (non-hydrogen) atoms. The number of carboxylic acid groups (broad SMARTS) is 1. The second-order valence-corrected chi connectivity index (χ2v) is 9.58. The first-order valence-electron chi connectivity index (χ1n) is 8.40. The molecule has 1 saturated heterocycles. The molecule has 0 spiro atoms. The number of para-hydroxylation sites is 1. The van der Waals surface area contributed by atoms with Crippen molar-refractivity contribution in [3.05, 3.63) is 41.6 Å². The first kappa shape index (κ1) is 20.9. The van der Waals surface area contributed by atoms with Crippen LogP contribution in [0.15, 0.2) is 41.2 Å². The van der Waals surface area contributed by atoms with E-state index < -0.39 is 5.97 Å². The van der Waals surface area contributed by atoms with Crippen LogP contribution in [0.25, 0.3) is 0 Å². The molecule has 0 radical (unpaired) electrons. The van der Waals surface area contributed by atoms with Gasteiger partial charge >= 0.3 is 0 Å². The molecule has 152 valence electrons. The Morgan fingerprint density at radius 3 is 2.76 bits per heavy atom. The Kier molecular flexibility index (Phi) is 6.54. The van der Waals surface area contributed by atoms with Crippen molar-refractivity contribution in [3.63, 3.8) is 0 Å². The van der Waals surface area contributed by atoms with Gasteiger partial charge in [0.2, 0.25) is 16.4 Å². The lowest BCUT2D eigenvalue weighted by molar-refractivity contribution is -0.301. The number of phenols is 1. The fourth-order valence-electron chi connectivity index (χ4n) is 2.71. The lowest BCUT2D eigenvalue weighted by atomic mass is 10.1. The minimum absolute atomic E-state index is 0.0142. The Bertz CT molecular complexity index is 963. The number of thioether (sulfide) groups is 1. The van der Waals surface area contributed by atoms with Gasteiger partial charge in [-0.05, 0) is 40.4 Å². The number of fused-ring (bicyclic) bond motifs is 1. The van der Waals surface area contributed by atoms with Crippen LogP contribution in [0.5, 0.6) is 5.75 Å². The van der Waals surface area contributed by atoms with E-state index in [1.807, 2.05) is 0 Å². The van der Waals surface area contributed by atoms with Crippen molar-refractivity contribution in [3.8, 4) is 5.75 Å². The van der Waals surface area contributed by atoms with E-state index in [-0.39, 0.29) is 33.6 Å². The van der Waals surface area contributed by atoms with Crippen molar-refractivity contribution in [1.29, 1.82) is 0 Å². The van der Waals surface area contributed by atoms with E-state index in [4.69, 9.17) is 5.11 Å². The summed E-state index contributed by atoms with van der Waals surface area (Å²) in [6.45, 7) is 0. The Labute approximate surface area is 172 Å². The van der Waals surface area contributed by atoms with Crippen LogP contribution in [-0.2, 0) is 27.5 Å². The van der Waals surface area contributed by atoms with E-state index in [2.05, 4.69) is 15.5 Å². The van der Waals surface area contributed by atoms with Gasteiger partial charge in [-0.15, -0.1) is 5.10 Å². The topological polar surface area (TPSA) is 141 Å². The molecule has 0 bridgehead atoms. The maximum Gasteiger partial charge on any atom is 0.238 e. The summed E-state index contributed by atoms with van der Waals surface area (Å²) >= 11 is 1.52. The fourth-order valence-corrected chi connectivity index (χ4v) is 6.57. The quantitative estimate of drug-likeness (QED) is 0.279. The Morgan fingerprint density at radius 2 is 2.21 bits per heavy atom. The van der Waals surface area contributed by atoms with Crippen LogP contribution in [0.1, 0.15) is 16.8 Å². The number of carboxylic acids is 1. The largest absolute Gasteiger partial charge is 0.543 e. The van der Waals surface area contributed by atoms with Gasteiger partial charge in [0.15, 0.2) is 11.4 Å². The number of aromatic hydroxyl groups is 1. The molecule has 12 heteroatoms. The standard InChI is InChI=1S/C10H11N5O3S2.C7H6O2/c1-14-10(11-12-13-14)19-5-20-3-2-6(9(17)18)15-7(16)4-8(15)20;8-5-6-3-1-2-4-7(6)9/h2,8H,3-5H2,1H3;1-5,9H/t8-,20?;/m1./s1. The molecule has 1 unspecified atom stereocenters. The van der Waals surface area contributed by atoms with Crippen molar-refractivity contribution in [2.24, 2.45) is 7.05 Å². The molecule has 2 aliphatic heterocycles. The molecule has 2 atom stereocenters. The highest BCUT2D eigenvalue weighted by atomic mass is 32.2. The normalized spacial score (nSPS) is 20.0. The summed E-state index contributed by atoms with van der Waals surface area (Å²) in [7, 11) is 1.67. The highest BCUT2D eigenvalue weighted by molar-refractivity contribution is 8.14. The van der Waals surface area contributed by atoms with Crippen molar-refractivity contribution < 1.29 is 24.6 Å². The average Bonchev–Trinajstić information content (AvgIpc) is 3.11. The molecular weight excluding hydrogens is 418 g/mol. The van der Waals surface area contributed by atoms with Crippen molar-refractivity contribution in [1.82, 2.24) is 25.1 Å². The van der Waals surface area contributed by atoms with Gasteiger partial charge in [-0.3, -0.25) is 14.5 Å². The van der Waals surface area contributed by atoms with Gasteiger partial charge in [0, 0.05) is 17.9 Å². The van der Waals surface area contributed by atoms with Crippen LogP contribution in [0.3, 0.4) is 0 Å². The number of rotatable bonds is 5. The van der Waals surface area contributed by atoms with E-state index in [9.17, 15) is 19.5 Å². The molecule has 1 amide bonds. The fraction of sp³-hybridized carbons (Fsp3) is 0.294. The highest BCUT2D eigenvalue weighted by Gasteiger charge is 2.52. The Hall–Kier alpha value is -2.86. The lowest BCUT2D eigenvalue weighted by Gasteiger charge is -2.42. The molecule has 0 aliphatic carbocycles. The number of carbonyl (C=O) groups excluding carboxylic acids is 3. The van der Waals surface area contributed by atoms with Gasteiger partial charge in [-0.2, -0.15) is 0 Å². The number of aromatic nitrogens is 4. The zero-order chi connectivity index (χ0) is 21.0. The maximum absolute atomic E-state index is 11.6. The van der Waals surface area contributed by atoms with Crippen LogP contribution >= 0.6 is 11.8 Å². The third-order valence-electron chi connectivity index (χ3n) is 4.23. The van der Waals surface area contributed by atoms with Gasteiger partial charge in [0.05, 0.1) is 23.7 Å². The molecule has 1 N–H and O–H groups in total. The Balaban J connectivity index is 0.000000224. The van der Waals surface area contributed by atoms with Gasteiger partial charge in [-0.25, -0.2) is 4.68 Å². The summed E-state index contributed by atoms with van der Waals surface area (Å²) in [5, 5.41) is 32.5. The van der Waals surface area contributed by atoms with E-state index in [0.29, 0.717) is 29.2 Å². The van der Waals surface area contributed by atoms with Gasteiger partial charge < -0.3 is 15.0 Å². The predicted octanol–water partition coefficient (Wildman–Crippen LogP) is -0.711. The average molecular weight is 435 g/mol. The van der Waals surface area contributed by atoms with E-state index in [1.54, 1.807) is 36.0 Å². The van der Waals surface area contributed by atoms with Crippen LogP contribution < -0.4 is 5.11 Å². The van der Waals surface area contributed by atoms with Crippen molar-refractivity contribution in [2.75, 3.05) is 10.8 Å². The van der Waals surface area contributed by atoms with Crippen LogP contribution in [0.4, 0.5) is 0 Å². The van der Waals surface area contributed by atoms with Crippen molar-refractivity contribution >= 4 is 40.8 Å². The van der Waals surface area contributed by atoms with E-state index in [0.717, 1.165) is 5.08 Å². The number of aryl methyl sites for hydroxylation is 1. The first-order chi connectivity index (χ1) is 13.9. The molecule has 1 aromatic carbocycles. The zero-order valence-electron chi connectivity index (χ0n) is 15.3. The number of aldehydes is 1. The summed E-state index contributed by atoms with van der Waals surface area (Å²) < 4.78 is 1.59. The first-order valence-corrected chi connectivity index (χ1v) is 11.0. The molecule has 3 heterocycles. The minimum Gasteiger partial charge on any atom is -0.543 e. The number of hydrogen-bond acceptors (Lipinski definition) is 9. The van der Waals surface area contributed by atoms with Gasteiger partial charge in [0.25, 0.3) is 0 Å². The summed E-state index contributed by atoms with van der Waals surface area (Å²) in [5.41, 5.74) is 0.345. The number of tetrazole rings is 1. The van der Waals surface area contributed by atoms with E-state index >= 15 is 0 Å². The third kappa shape index (κ3) is 4.59. The van der Waals surface area contributed by atoms with E-state index in [1.165, 1.54) is 22.7 Å². The molecule has 1 aromatic heterocycles. The van der Waals surface area contributed by atoms with Crippen molar-refractivity contribution in [2.45, 2.75) is 17.0 Å². The summed E-state index contributed by atoms with van der Waals surface area (Å²) in [4.78, 5) is 34.0. The molecule has 10 nitrogen and oxygen atoms in total. The molecule has 4 rings (SSSR count). The van der Waals surface area contributed by atoms with Gasteiger partial charge in [0.1, 0.15) is 11.5 Å². The summed E-state index contributed by atoms with van der Waals surface area (Å²) in [6, 6.07) is 6.40. The number of benzene rings is 1. The predicted molar refractivity (Wildman–Crippen MR) is 104 cm³/mol. The minimum atomic E-state index is -1.28. The van der Waals surface area contributed by atoms with Gasteiger partial charge in [-0.1, -0.05) is 12.1 Å². The number of nitrogens with zero attached hydrogens (tertiary/aromatic N) is 5. The third-order valence-corrected chi connectivity index (χ3v) is 8.26. The molecule has 0 saturated carbocycles. The molecule has 2 aromatic rings. The second kappa shape index (κ2) is 9.09.